The molecule has 0 unspecified atom stereocenters. The summed E-state index contributed by atoms with van der Waals surface area (Å²) >= 11 is 0. The third kappa shape index (κ3) is 3.23. The number of methoxy groups -OCH3 is 1. The van der Waals surface area contributed by atoms with Crippen molar-refractivity contribution in [3.8, 4) is 0 Å². The molecule has 1 N–H and O–H groups in total. The van der Waals surface area contributed by atoms with Gasteiger partial charge >= 0.3 is 12.1 Å². The Labute approximate surface area is 70.9 Å². The van der Waals surface area contributed by atoms with Gasteiger partial charge in [-0.3, -0.25) is 9.69 Å². The molecule has 0 aromatic carbocycles. The van der Waals surface area contributed by atoms with Crippen LogP contribution in [0.4, 0.5) is 4.79 Å². The van der Waals surface area contributed by atoms with E-state index in [2.05, 4.69) is 4.74 Å². The van der Waals surface area contributed by atoms with Crippen LogP contribution in [0.2, 0.25) is 0 Å². The number of nitrogens with zero attached hydrogens (tertiary/aromatic N) is 1. The lowest BCUT2D eigenvalue weighted by Crippen LogP contribution is -2.40. The molecular weight excluding hydrogens is 162 g/mol. The van der Waals surface area contributed by atoms with Gasteiger partial charge in [-0.15, -0.1) is 0 Å². The van der Waals surface area contributed by atoms with Crippen LogP contribution >= 0.6 is 0 Å². The Kier molecular flexibility index (Phi) is 4.10. The minimum atomic E-state index is -1.05. The number of hydrogen-bond acceptors (Lipinski definition) is 3. The average molecular weight is 175 g/mol. The number of carboxylic acids is 1. The first-order chi connectivity index (χ1) is 5.49. The number of hydrogen-bond donors (Lipinski definition) is 1. The third-order valence-electron chi connectivity index (χ3n) is 1.34. The van der Waals surface area contributed by atoms with E-state index in [1.807, 2.05) is 0 Å². The van der Waals surface area contributed by atoms with Crippen molar-refractivity contribution in [3.05, 3.63) is 0 Å². The fraction of sp³-hybridized carbons (Fsp3) is 0.714. The van der Waals surface area contributed by atoms with Crippen molar-refractivity contribution in [1.82, 2.24) is 4.90 Å². The molecule has 0 saturated heterocycles. The molecule has 0 spiro atoms. The second-order valence-electron chi connectivity index (χ2n) is 2.59. The van der Waals surface area contributed by atoms with Gasteiger partial charge in [-0.25, -0.2) is 4.79 Å². The summed E-state index contributed by atoms with van der Waals surface area (Å²) < 4.78 is 4.40. The Morgan fingerprint density at radius 2 is 2.00 bits per heavy atom. The van der Waals surface area contributed by atoms with E-state index in [4.69, 9.17) is 5.11 Å². The van der Waals surface area contributed by atoms with E-state index < -0.39 is 12.1 Å². The molecule has 0 aliphatic carbocycles. The SMILES string of the molecule is COC(=O)N(CC(=O)O)C(C)C. The van der Waals surface area contributed by atoms with Crippen molar-refractivity contribution in [3.63, 3.8) is 0 Å². The third-order valence-corrected chi connectivity index (χ3v) is 1.34. The van der Waals surface area contributed by atoms with E-state index in [0.717, 1.165) is 4.90 Å². The Morgan fingerprint density at radius 3 is 2.25 bits per heavy atom. The number of ether oxygens (including phenoxy) is 1. The van der Waals surface area contributed by atoms with Crippen LogP contribution < -0.4 is 0 Å². The van der Waals surface area contributed by atoms with Crippen LogP contribution in [-0.2, 0) is 9.53 Å². The number of carboxylic acid groups (broad SMARTS) is 1. The van der Waals surface area contributed by atoms with Crippen molar-refractivity contribution in [2.75, 3.05) is 13.7 Å². The first kappa shape index (κ1) is 10.7. The standard InChI is InChI=1S/C7H13NO4/c1-5(2)8(4-6(9)10)7(11)12-3/h5H,4H2,1-3H3,(H,9,10). The van der Waals surface area contributed by atoms with Crippen molar-refractivity contribution in [2.24, 2.45) is 0 Å². The van der Waals surface area contributed by atoms with Gasteiger partial charge < -0.3 is 9.84 Å². The predicted octanol–water partition coefficient (Wildman–Crippen LogP) is 0.548. The molecule has 70 valence electrons. The summed E-state index contributed by atoms with van der Waals surface area (Å²) in [6.45, 7) is 3.12. The topological polar surface area (TPSA) is 66.8 Å². The zero-order valence-electron chi connectivity index (χ0n) is 7.40. The second kappa shape index (κ2) is 4.58. The molecule has 0 aromatic heterocycles. The lowest BCUT2D eigenvalue weighted by atomic mass is 10.3. The predicted molar refractivity (Wildman–Crippen MR) is 41.9 cm³/mol. The average Bonchev–Trinajstić information content (AvgIpc) is 1.98. The van der Waals surface area contributed by atoms with E-state index in [1.165, 1.54) is 7.11 Å². The van der Waals surface area contributed by atoms with Gasteiger partial charge in [0.05, 0.1) is 7.11 Å². The van der Waals surface area contributed by atoms with Crippen LogP contribution in [0.25, 0.3) is 0 Å². The molecule has 0 radical (unpaired) electrons. The van der Waals surface area contributed by atoms with Gasteiger partial charge in [-0.05, 0) is 13.8 Å². The molecule has 12 heavy (non-hydrogen) atoms. The molecule has 0 saturated carbocycles. The summed E-state index contributed by atoms with van der Waals surface area (Å²) in [5.41, 5.74) is 0. The van der Waals surface area contributed by atoms with Gasteiger partial charge in [0.25, 0.3) is 0 Å². The highest BCUT2D eigenvalue weighted by Crippen LogP contribution is 1.99. The molecule has 0 atom stereocenters. The second-order valence-corrected chi connectivity index (χ2v) is 2.59. The normalized spacial score (nSPS) is 9.67. The molecule has 0 aromatic rings. The van der Waals surface area contributed by atoms with Crippen LogP contribution in [0.15, 0.2) is 0 Å². The number of carbonyl (C=O) groups excluding carboxylic acids is 1. The summed E-state index contributed by atoms with van der Waals surface area (Å²) in [4.78, 5) is 22.3. The van der Waals surface area contributed by atoms with Crippen LogP contribution in [0.3, 0.4) is 0 Å². The molecule has 1 amide bonds. The highest BCUT2D eigenvalue weighted by Gasteiger charge is 2.19. The van der Waals surface area contributed by atoms with E-state index in [0.29, 0.717) is 0 Å². The Morgan fingerprint density at radius 1 is 1.50 bits per heavy atom. The zero-order chi connectivity index (χ0) is 9.72. The number of aliphatic carboxylic acids is 1. The van der Waals surface area contributed by atoms with Crippen LogP contribution in [0.5, 0.6) is 0 Å². The molecule has 0 bridgehead atoms. The lowest BCUT2D eigenvalue weighted by Gasteiger charge is -2.22. The summed E-state index contributed by atoms with van der Waals surface area (Å²) in [6, 6.07) is -0.173. The summed E-state index contributed by atoms with van der Waals surface area (Å²) in [5.74, 6) is -1.05. The van der Waals surface area contributed by atoms with Crippen LogP contribution in [-0.4, -0.2) is 41.8 Å². The van der Waals surface area contributed by atoms with Crippen molar-refractivity contribution < 1.29 is 19.4 Å². The van der Waals surface area contributed by atoms with E-state index in [9.17, 15) is 9.59 Å². The maximum Gasteiger partial charge on any atom is 0.410 e. The van der Waals surface area contributed by atoms with Gasteiger partial charge in [0, 0.05) is 6.04 Å². The lowest BCUT2D eigenvalue weighted by molar-refractivity contribution is -0.138. The zero-order valence-corrected chi connectivity index (χ0v) is 7.40. The first-order valence-electron chi connectivity index (χ1n) is 3.55. The van der Waals surface area contributed by atoms with E-state index >= 15 is 0 Å². The number of amides is 1. The molecule has 0 fully saturated rings. The van der Waals surface area contributed by atoms with Gasteiger partial charge in [0.2, 0.25) is 0 Å². The number of rotatable bonds is 3. The van der Waals surface area contributed by atoms with Crippen molar-refractivity contribution in [1.29, 1.82) is 0 Å². The monoisotopic (exact) mass is 175 g/mol. The van der Waals surface area contributed by atoms with Crippen molar-refractivity contribution >= 4 is 12.1 Å². The van der Waals surface area contributed by atoms with Crippen molar-refractivity contribution in [2.45, 2.75) is 19.9 Å². The van der Waals surface area contributed by atoms with Gasteiger partial charge in [-0.2, -0.15) is 0 Å². The Balaban J connectivity index is 4.23. The minimum Gasteiger partial charge on any atom is -0.480 e. The van der Waals surface area contributed by atoms with E-state index in [-0.39, 0.29) is 12.6 Å². The minimum absolute atomic E-state index is 0.173. The highest BCUT2D eigenvalue weighted by molar-refractivity contribution is 5.76. The van der Waals surface area contributed by atoms with Crippen LogP contribution in [0, 0.1) is 0 Å². The smallest absolute Gasteiger partial charge is 0.410 e. The highest BCUT2D eigenvalue weighted by atomic mass is 16.5. The fourth-order valence-corrected chi connectivity index (χ4v) is 0.721. The fourth-order valence-electron chi connectivity index (χ4n) is 0.721. The summed E-state index contributed by atoms with van der Waals surface area (Å²) in [6.07, 6.45) is -0.618. The quantitative estimate of drug-likeness (QED) is 0.680. The molecular formula is C7H13NO4. The first-order valence-corrected chi connectivity index (χ1v) is 3.55. The molecule has 0 rings (SSSR count). The molecule has 0 aliphatic heterocycles. The molecule has 5 nitrogen and oxygen atoms in total. The molecule has 5 heteroatoms. The molecule has 0 aliphatic rings. The Bertz CT molecular complexity index is 178. The summed E-state index contributed by atoms with van der Waals surface area (Å²) in [7, 11) is 1.22. The van der Waals surface area contributed by atoms with Gasteiger partial charge in [0.1, 0.15) is 6.54 Å². The maximum atomic E-state index is 10.9. The van der Waals surface area contributed by atoms with Gasteiger partial charge in [-0.1, -0.05) is 0 Å². The van der Waals surface area contributed by atoms with E-state index in [1.54, 1.807) is 13.8 Å². The largest absolute Gasteiger partial charge is 0.480 e. The van der Waals surface area contributed by atoms with Crippen LogP contribution in [0.1, 0.15) is 13.8 Å². The summed E-state index contributed by atoms with van der Waals surface area (Å²) in [5, 5.41) is 8.43. The Hall–Kier alpha value is -1.26. The molecule has 0 heterocycles. The van der Waals surface area contributed by atoms with Gasteiger partial charge in [0.15, 0.2) is 0 Å². The number of carbonyl (C=O) groups is 2. The maximum absolute atomic E-state index is 10.9.